The molecule has 0 bridgehead atoms. The van der Waals surface area contributed by atoms with Gasteiger partial charge in [-0.1, -0.05) is 19.4 Å². The summed E-state index contributed by atoms with van der Waals surface area (Å²) < 4.78 is 74.2. The van der Waals surface area contributed by atoms with Crippen molar-refractivity contribution < 1.29 is 23.8 Å². The number of halogens is 6. The molecule has 1 rings (SSSR count). The van der Waals surface area contributed by atoms with Crippen LogP contribution in [-0.4, -0.2) is 0 Å². The first kappa shape index (κ1) is 12.7. The van der Waals surface area contributed by atoms with Crippen LogP contribution >= 0.6 is 10.2 Å². The van der Waals surface area contributed by atoms with E-state index in [1.165, 1.54) is 6.07 Å². The molecule has 0 atom stereocenters. The van der Waals surface area contributed by atoms with Gasteiger partial charge >= 0.3 is 10.2 Å². The zero-order chi connectivity index (χ0) is 12.7. The molecule has 90 valence electrons. The Bertz CT molecular complexity index is 471. The van der Waals surface area contributed by atoms with Crippen LogP contribution in [0.1, 0.15) is 5.56 Å². The molecule has 0 spiro atoms. The van der Waals surface area contributed by atoms with E-state index >= 15 is 0 Å². The van der Waals surface area contributed by atoms with Crippen LogP contribution in [0.4, 0.5) is 23.8 Å². The molecule has 8 heteroatoms. The molecule has 1 nitrogen and oxygen atoms in total. The van der Waals surface area contributed by atoms with Crippen LogP contribution in [0.3, 0.4) is 0 Å². The Kier molecular flexibility index (Phi) is 2.27. The standard InChI is InChI=1S/C8H5F6NS/c9-7-3-6(1-2-15)4-8(5-7)16(10,11,12,13)14/h3-5H,1H2. The second-order valence-electron chi connectivity index (χ2n) is 3.10. The Labute approximate surface area is 87.0 Å². The summed E-state index contributed by atoms with van der Waals surface area (Å²) in [6.45, 7) is 0. The molecule has 1 aromatic rings. The number of rotatable bonds is 2. The molecule has 0 aliphatic heterocycles. The summed E-state index contributed by atoms with van der Waals surface area (Å²) in [6.07, 6.45) is -0.571. The highest BCUT2D eigenvalue weighted by Gasteiger charge is 2.65. The number of nitrogens with zero attached hydrogens (tertiary/aromatic N) is 1. The van der Waals surface area contributed by atoms with Gasteiger partial charge in [0.05, 0.1) is 12.5 Å². The van der Waals surface area contributed by atoms with Gasteiger partial charge in [-0.05, 0) is 23.8 Å². The Morgan fingerprint density at radius 3 is 2.06 bits per heavy atom. The third-order valence-corrected chi connectivity index (χ3v) is 2.79. The van der Waals surface area contributed by atoms with Gasteiger partial charge in [0.1, 0.15) is 10.7 Å². The average molecular weight is 261 g/mol. The zero-order valence-corrected chi connectivity index (χ0v) is 8.38. The molecular formula is C8H5F6NS. The van der Waals surface area contributed by atoms with Gasteiger partial charge in [0.15, 0.2) is 0 Å². The summed E-state index contributed by atoms with van der Waals surface area (Å²) in [5, 5.41) is 8.20. The molecule has 16 heavy (non-hydrogen) atoms. The number of benzene rings is 1. The van der Waals surface area contributed by atoms with Crippen molar-refractivity contribution in [3.05, 3.63) is 29.6 Å². The van der Waals surface area contributed by atoms with Gasteiger partial charge in [-0.15, -0.1) is 0 Å². The molecule has 0 aromatic heterocycles. The van der Waals surface area contributed by atoms with Crippen LogP contribution in [0.25, 0.3) is 0 Å². The van der Waals surface area contributed by atoms with Gasteiger partial charge in [0.2, 0.25) is 0 Å². The fourth-order valence-electron chi connectivity index (χ4n) is 1.04. The molecular weight excluding hydrogens is 256 g/mol. The van der Waals surface area contributed by atoms with Crippen molar-refractivity contribution in [2.75, 3.05) is 0 Å². The lowest BCUT2D eigenvalue weighted by Gasteiger charge is -2.40. The number of hydrogen-bond donors (Lipinski definition) is 0. The lowest BCUT2D eigenvalue weighted by Crippen LogP contribution is -2.07. The topological polar surface area (TPSA) is 23.8 Å². The lowest BCUT2D eigenvalue weighted by molar-refractivity contribution is 0.362. The van der Waals surface area contributed by atoms with Crippen LogP contribution in [0, 0.1) is 17.1 Å². The maximum Gasteiger partial charge on any atom is 0.310 e. The third kappa shape index (κ3) is 3.06. The summed E-state index contributed by atoms with van der Waals surface area (Å²) in [5.74, 6) is -1.45. The predicted octanol–water partition coefficient (Wildman–Crippen LogP) is 4.55. The van der Waals surface area contributed by atoms with Crippen LogP contribution in [-0.2, 0) is 6.42 Å². The Morgan fingerprint density at radius 2 is 1.62 bits per heavy atom. The number of nitriles is 1. The van der Waals surface area contributed by atoms with Crippen LogP contribution < -0.4 is 0 Å². The van der Waals surface area contributed by atoms with E-state index in [9.17, 15) is 23.8 Å². The van der Waals surface area contributed by atoms with Crippen molar-refractivity contribution in [3.63, 3.8) is 0 Å². The van der Waals surface area contributed by atoms with E-state index in [0.717, 1.165) is 0 Å². The predicted molar refractivity (Wildman–Crippen MR) is 47.1 cm³/mol. The third-order valence-electron chi connectivity index (χ3n) is 1.66. The molecule has 0 aliphatic rings. The highest BCUT2D eigenvalue weighted by molar-refractivity contribution is 8.45. The Morgan fingerprint density at radius 1 is 1.06 bits per heavy atom. The van der Waals surface area contributed by atoms with Gasteiger partial charge in [-0.25, -0.2) is 4.39 Å². The quantitative estimate of drug-likeness (QED) is 0.716. The van der Waals surface area contributed by atoms with E-state index < -0.39 is 32.9 Å². The van der Waals surface area contributed by atoms with Gasteiger partial charge in [0.25, 0.3) is 0 Å². The van der Waals surface area contributed by atoms with Crippen LogP contribution in [0.15, 0.2) is 23.1 Å². The molecule has 0 amide bonds. The second-order valence-corrected chi connectivity index (χ2v) is 5.51. The molecule has 0 heterocycles. The van der Waals surface area contributed by atoms with Crippen molar-refractivity contribution in [3.8, 4) is 6.07 Å². The molecule has 0 unspecified atom stereocenters. The second kappa shape index (κ2) is 2.85. The van der Waals surface area contributed by atoms with Gasteiger partial charge < -0.3 is 0 Å². The molecule has 0 saturated carbocycles. The fourth-order valence-corrected chi connectivity index (χ4v) is 1.75. The summed E-state index contributed by atoms with van der Waals surface area (Å²) in [4.78, 5) is -2.31. The van der Waals surface area contributed by atoms with E-state index in [1.807, 2.05) is 0 Å². The molecule has 0 aliphatic carbocycles. The molecule has 1 aromatic carbocycles. The lowest BCUT2D eigenvalue weighted by atomic mass is 10.2. The van der Waals surface area contributed by atoms with Gasteiger partial charge in [-0.3, -0.25) is 0 Å². The first-order valence-electron chi connectivity index (χ1n) is 3.83. The normalized spacial score (nSPS) is 16.1. The smallest absolute Gasteiger partial charge is 0.207 e. The summed E-state index contributed by atoms with van der Waals surface area (Å²) in [7, 11) is -9.88. The Balaban J connectivity index is 3.45. The van der Waals surface area contributed by atoms with Gasteiger partial charge in [0, 0.05) is 0 Å². The zero-order valence-electron chi connectivity index (χ0n) is 7.56. The van der Waals surface area contributed by atoms with Crippen molar-refractivity contribution >= 4 is 10.2 Å². The van der Waals surface area contributed by atoms with E-state index in [1.54, 1.807) is 0 Å². The minimum Gasteiger partial charge on any atom is -0.207 e. The monoisotopic (exact) mass is 261 g/mol. The fraction of sp³-hybridized carbons (Fsp3) is 0.125. The molecule has 0 fully saturated rings. The highest BCUT2D eigenvalue weighted by atomic mass is 32.5. The summed E-state index contributed by atoms with van der Waals surface area (Å²) in [5.41, 5.74) is -0.439. The van der Waals surface area contributed by atoms with Crippen molar-refractivity contribution in [2.24, 2.45) is 0 Å². The van der Waals surface area contributed by atoms with Gasteiger partial charge in [-0.2, -0.15) is 5.26 Å². The SMILES string of the molecule is N#CCc1cc(F)cc(S(F)(F)(F)(F)F)c1. The van der Waals surface area contributed by atoms with Crippen molar-refractivity contribution in [1.82, 2.24) is 0 Å². The maximum atomic E-state index is 12.7. The van der Waals surface area contributed by atoms with Crippen molar-refractivity contribution in [1.29, 1.82) is 5.26 Å². The molecule has 0 N–H and O–H groups in total. The van der Waals surface area contributed by atoms with E-state index in [2.05, 4.69) is 0 Å². The van der Waals surface area contributed by atoms with Crippen LogP contribution in [0.2, 0.25) is 0 Å². The summed E-state index contributed by atoms with van der Waals surface area (Å²) >= 11 is 0. The average Bonchev–Trinajstić information content (AvgIpc) is 1.99. The number of hydrogen-bond acceptors (Lipinski definition) is 1. The minimum absolute atomic E-state index is 0.0911. The molecule has 0 radical (unpaired) electrons. The first-order chi connectivity index (χ1) is 6.92. The molecule has 0 saturated heterocycles. The summed E-state index contributed by atoms with van der Waals surface area (Å²) in [6, 6.07) is 1.87. The first-order valence-corrected chi connectivity index (χ1v) is 5.78. The van der Waals surface area contributed by atoms with E-state index in [0.29, 0.717) is 6.07 Å². The minimum atomic E-state index is -9.88. The van der Waals surface area contributed by atoms with E-state index in [-0.39, 0.29) is 12.1 Å². The van der Waals surface area contributed by atoms with Crippen molar-refractivity contribution in [2.45, 2.75) is 11.3 Å². The van der Waals surface area contributed by atoms with E-state index in [4.69, 9.17) is 5.26 Å². The highest BCUT2D eigenvalue weighted by Crippen LogP contribution is 3.02. The Hall–Kier alpha value is -1.36. The van der Waals surface area contributed by atoms with Crippen LogP contribution in [0.5, 0.6) is 0 Å². The largest absolute Gasteiger partial charge is 0.310 e. The maximum absolute atomic E-state index is 12.7.